The fourth-order valence-corrected chi connectivity index (χ4v) is 2.20. The highest BCUT2D eigenvalue weighted by molar-refractivity contribution is 5.92. The van der Waals surface area contributed by atoms with Crippen LogP contribution in [-0.2, 0) is 4.79 Å². The molecule has 1 atom stereocenters. The summed E-state index contributed by atoms with van der Waals surface area (Å²) in [6.07, 6.45) is 11.6. The molecule has 1 N–H and O–H groups in total. The molecule has 1 aliphatic carbocycles. The van der Waals surface area contributed by atoms with Gasteiger partial charge in [0, 0.05) is 5.92 Å². The van der Waals surface area contributed by atoms with Gasteiger partial charge in [0.2, 0.25) is 5.91 Å². The predicted molar refractivity (Wildman–Crippen MR) is 74.3 cm³/mol. The smallest absolute Gasteiger partial charge is 0.227 e. The Hall–Kier alpha value is -2.50. The van der Waals surface area contributed by atoms with Gasteiger partial charge in [-0.3, -0.25) is 4.79 Å². The highest BCUT2D eigenvalue weighted by Crippen LogP contribution is 2.20. The standard InChI is InChI=1S/C14H15N5O/c20-14(11-4-2-1-3-5-11)18-12-6-7-13(16-8-12)19-10-15-9-17-19/h1-2,6-11H,3-5H2,(H,18,20)/t11-/m1/s1. The van der Waals surface area contributed by atoms with Crippen LogP contribution in [0.4, 0.5) is 5.69 Å². The van der Waals surface area contributed by atoms with Gasteiger partial charge in [0.15, 0.2) is 5.82 Å². The van der Waals surface area contributed by atoms with Crippen LogP contribution in [0.15, 0.2) is 43.1 Å². The minimum Gasteiger partial charge on any atom is -0.324 e. The zero-order chi connectivity index (χ0) is 13.8. The van der Waals surface area contributed by atoms with Crippen molar-refractivity contribution in [2.45, 2.75) is 19.3 Å². The molecule has 1 amide bonds. The molecule has 0 bridgehead atoms. The number of aromatic nitrogens is 4. The SMILES string of the molecule is O=C(Nc1ccc(-n2cncn2)nc1)[C@@H]1CC=CCC1. The Labute approximate surface area is 116 Å². The van der Waals surface area contributed by atoms with Crippen molar-refractivity contribution in [3.05, 3.63) is 43.1 Å². The Bertz CT molecular complexity index is 603. The summed E-state index contributed by atoms with van der Waals surface area (Å²) in [6.45, 7) is 0. The third-order valence-corrected chi connectivity index (χ3v) is 3.31. The Balaban J connectivity index is 1.66. The molecule has 0 radical (unpaired) electrons. The lowest BCUT2D eigenvalue weighted by Gasteiger charge is -2.17. The Morgan fingerprint density at radius 1 is 1.35 bits per heavy atom. The predicted octanol–water partition coefficient (Wildman–Crippen LogP) is 1.96. The molecular formula is C14H15N5O. The molecule has 20 heavy (non-hydrogen) atoms. The minimum atomic E-state index is 0.0599. The van der Waals surface area contributed by atoms with Crippen LogP contribution in [0.2, 0.25) is 0 Å². The van der Waals surface area contributed by atoms with E-state index in [4.69, 9.17) is 0 Å². The molecule has 0 saturated carbocycles. The first-order valence-electron chi connectivity index (χ1n) is 6.60. The lowest BCUT2D eigenvalue weighted by Crippen LogP contribution is -2.23. The lowest BCUT2D eigenvalue weighted by atomic mass is 9.93. The summed E-state index contributed by atoms with van der Waals surface area (Å²) in [5.74, 6) is 0.792. The van der Waals surface area contributed by atoms with Crippen LogP contribution in [-0.4, -0.2) is 25.7 Å². The number of allylic oxidation sites excluding steroid dienone is 2. The second kappa shape index (κ2) is 5.64. The van der Waals surface area contributed by atoms with Crippen LogP contribution in [0, 0.1) is 5.92 Å². The number of pyridine rings is 1. The van der Waals surface area contributed by atoms with Gasteiger partial charge in [0.05, 0.1) is 11.9 Å². The first-order chi connectivity index (χ1) is 9.83. The molecule has 0 fully saturated rings. The third-order valence-electron chi connectivity index (χ3n) is 3.31. The van der Waals surface area contributed by atoms with Gasteiger partial charge >= 0.3 is 0 Å². The molecule has 102 valence electrons. The largest absolute Gasteiger partial charge is 0.324 e. The van der Waals surface area contributed by atoms with Crippen molar-refractivity contribution in [3.63, 3.8) is 0 Å². The number of rotatable bonds is 3. The van der Waals surface area contributed by atoms with Crippen molar-refractivity contribution < 1.29 is 4.79 Å². The van der Waals surface area contributed by atoms with Crippen molar-refractivity contribution in [1.82, 2.24) is 19.7 Å². The number of nitrogens with one attached hydrogen (secondary N) is 1. The normalized spacial score (nSPS) is 17.9. The Morgan fingerprint density at radius 3 is 2.95 bits per heavy atom. The van der Waals surface area contributed by atoms with E-state index < -0.39 is 0 Å². The van der Waals surface area contributed by atoms with Crippen LogP contribution in [0.25, 0.3) is 5.82 Å². The maximum absolute atomic E-state index is 12.1. The molecule has 0 aliphatic heterocycles. The molecule has 3 rings (SSSR count). The number of carbonyl (C=O) groups excluding carboxylic acids is 1. The number of anilines is 1. The topological polar surface area (TPSA) is 72.7 Å². The number of nitrogens with zero attached hydrogens (tertiary/aromatic N) is 4. The highest BCUT2D eigenvalue weighted by Gasteiger charge is 2.18. The molecule has 0 spiro atoms. The summed E-state index contributed by atoms with van der Waals surface area (Å²) in [7, 11) is 0. The summed E-state index contributed by atoms with van der Waals surface area (Å²) >= 11 is 0. The first kappa shape index (κ1) is 12.5. The van der Waals surface area contributed by atoms with Crippen molar-refractivity contribution in [1.29, 1.82) is 0 Å². The lowest BCUT2D eigenvalue weighted by molar-refractivity contribution is -0.120. The van der Waals surface area contributed by atoms with Gasteiger partial charge < -0.3 is 5.32 Å². The van der Waals surface area contributed by atoms with Crippen molar-refractivity contribution >= 4 is 11.6 Å². The molecule has 0 saturated heterocycles. The van der Waals surface area contributed by atoms with Gasteiger partial charge in [-0.25, -0.2) is 14.6 Å². The molecule has 6 nitrogen and oxygen atoms in total. The number of carbonyl (C=O) groups is 1. The number of hydrogen-bond donors (Lipinski definition) is 1. The summed E-state index contributed by atoms with van der Waals surface area (Å²) in [6, 6.07) is 3.62. The molecule has 2 aromatic heterocycles. The van der Waals surface area contributed by atoms with E-state index in [2.05, 4.69) is 32.5 Å². The van der Waals surface area contributed by atoms with E-state index in [9.17, 15) is 4.79 Å². The van der Waals surface area contributed by atoms with Crippen molar-refractivity contribution in [2.75, 3.05) is 5.32 Å². The van der Waals surface area contributed by atoms with Crippen molar-refractivity contribution in [3.8, 4) is 5.82 Å². The average Bonchev–Trinajstić information content (AvgIpc) is 3.03. The van der Waals surface area contributed by atoms with Crippen molar-refractivity contribution in [2.24, 2.45) is 5.92 Å². The molecular weight excluding hydrogens is 254 g/mol. The average molecular weight is 269 g/mol. The van der Waals surface area contributed by atoms with Gasteiger partial charge in [-0.15, -0.1) is 0 Å². The zero-order valence-electron chi connectivity index (χ0n) is 10.9. The second-order valence-electron chi connectivity index (χ2n) is 4.72. The summed E-state index contributed by atoms with van der Waals surface area (Å²) in [4.78, 5) is 20.2. The van der Waals surface area contributed by atoms with Crippen LogP contribution in [0.5, 0.6) is 0 Å². The monoisotopic (exact) mass is 269 g/mol. The van der Waals surface area contributed by atoms with Crippen LogP contribution in [0.1, 0.15) is 19.3 Å². The first-order valence-corrected chi connectivity index (χ1v) is 6.60. The Kier molecular flexibility index (Phi) is 3.54. The summed E-state index contributed by atoms with van der Waals surface area (Å²) in [5.41, 5.74) is 0.702. The quantitative estimate of drug-likeness (QED) is 0.864. The fraction of sp³-hybridized carbons (Fsp3) is 0.286. The second-order valence-corrected chi connectivity index (χ2v) is 4.72. The van der Waals surface area contributed by atoms with E-state index in [1.165, 1.54) is 6.33 Å². The van der Waals surface area contributed by atoms with Crippen LogP contribution >= 0.6 is 0 Å². The molecule has 2 heterocycles. The van der Waals surface area contributed by atoms with E-state index in [1.807, 2.05) is 6.07 Å². The van der Waals surface area contributed by atoms with Crippen LogP contribution in [0.3, 0.4) is 0 Å². The molecule has 6 heteroatoms. The molecule has 2 aromatic rings. The van der Waals surface area contributed by atoms with E-state index in [0.29, 0.717) is 11.5 Å². The van der Waals surface area contributed by atoms with E-state index in [0.717, 1.165) is 19.3 Å². The molecule has 1 aliphatic rings. The minimum absolute atomic E-state index is 0.0599. The van der Waals surface area contributed by atoms with E-state index >= 15 is 0 Å². The van der Waals surface area contributed by atoms with E-state index in [-0.39, 0.29) is 11.8 Å². The zero-order valence-corrected chi connectivity index (χ0v) is 10.9. The Morgan fingerprint density at radius 2 is 2.30 bits per heavy atom. The third kappa shape index (κ3) is 2.74. The molecule has 0 aromatic carbocycles. The van der Waals surface area contributed by atoms with Gasteiger partial charge in [0.25, 0.3) is 0 Å². The maximum Gasteiger partial charge on any atom is 0.227 e. The number of hydrogen-bond acceptors (Lipinski definition) is 4. The highest BCUT2D eigenvalue weighted by atomic mass is 16.1. The van der Waals surface area contributed by atoms with Gasteiger partial charge in [-0.2, -0.15) is 5.10 Å². The van der Waals surface area contributed by atoms with Gasteiger partial charge in [-0.1, -0.05) is 12.2 Å². The summed E-state index contributed by atoms with van der Waals surface area (Å²) in [5, 5.41) is 6.90. The molecule has 0 unspecified atom stereocenters. The van der Waals surface area contributed by atoms with E-state index in [1.54, 1.807) is 23.3 Å². The van der Waals surface area contributed by atoms with Crippen LogP contribution < -0.4 is 5.32 Å². The van der Waals surface area contributed by atoms with Gasteiger partial charge in [0.1, 0.15) is 12.7 Å². The number of amides is 1. The van der Waals surface area contributed by atoms with Gasteiger partial charge in [-0.05, 0) is 31.4 Å². The fourth-order valence-electron chi connectivity index (χ4n) is 2.20. The summed E-state index contributed by atoms with van der Waals surface area (Å²) < 4.78 is 1.57. The maximum atomic E-state index is 12.1.